The van der Waals surface area contributed by atoms with Crippen molar-refractivity contribution in [1.82, 2.24) is 20.1 Å². The number of hydrogen-bond acceptors (Lipinski definition) is 6. The molecule has 29 heavy (non-hydrogen) atoms. The molecule has 1 aliphatic rings. The zero-order chi connectivity index (χ0) is 20.4. The van der Waals surface area contributed by atoms with Crippen molar-refractivity contribution in [2.24, 2.45) is 0 Å². The molecule has 1 aromatic carbocycles. The van der Waals surface area contributed by atoms with Crippen LogP contribution in [-0.4, -0.2) is 59.0 Å². The molecule has 1 N–H and O–H groups in total. The lowest BCUT2D eigenvalue weighted by Gasteiger charge is -2.34. The number of amides is 1. The van der Waals surface area contributed by atoms with Crippen molar-refractivity contribution < 1.29 is 9.21 Å². The Balaban J connectivity index is 1.29. The summed E-state index contributed by atoms with van der Waals surface area (Å²) in [5.41, 5.74) is 1.61. The van der Waals surface area contributed by atoms with Crippen molar-refractivity contribution in [3.8, 4) is 11.5 Å². The van der Waals surface area contributed by atoms with Crippen LogP contribution < -0.4 is 5.32 Å². The standard InChI is InChI=1S/C22H28N4O2S/c1-22(2,3)24-20(27)13-25-8-10-26(11-9-25)14-21-23-17(15-29-21)19-12-16-6-4-5-7-18(16)28-19/h4-7,12,15H,8-11,13-14H2,1-3H3,(H,24,27). The molecule has 0 atom stereocenters. The summed E-state index contributed by atoms with van der Waals surface area (Å²) < 4.78 is 5.93. The van der Waals surface area contributed by atoms with Gasteiger partial charge in [0.1, 0.15) is 16.3 Å². The summed E-state index contributed by atoms with van der Waals surface area (Å²) in [4.78, 5) is 21.5. The summed E-state index contributed by atoms with van der Waals surface area (Å²) in [5.74, 6) is 0.921. The van der Waals surface area contributed by atoms with Crippen LogP contribution in [0.2, 0.25) is 0 Å². The van der Waals surface area contributed by atoms with Crippen molar-refractivity contribution in [1.29, 1.82) is 0 Å². The first-order valence-electron chi connectivity index (χ1n) is 10.0. The van der Waals surface area contributed by atoms with Crippen molar-refractivity contribution in [3.63, 3.8) is 0 Å². The third kappa shape index (κ3) is 5.23. The normalized spacial score (nSPS) is 16.4. The lowest BCUT2D eigenvalue weighted by molar-refractivity contribution is -0.124. The summed E-state index contributed by atoms with van der Waals surface area (Å²) in [6, 6.07) is 10.1. The molecule has 3 aromatic rings. The van der Waals surface area contributed by atoms with Gasteiger partial charge in [-0.25, -0.2) is 4.98 Å². The zero-order valence-corrected chi connectivity index (χ0v) is 18.1. The van der Waals surface area contributed by atoms with E-state index in [-0.39, 0.29) is 11.4 Å². The first kappa shape index (κ1) is 20.1. The Labute approximate surface area is 175 Å². The molecule has 154 valence electrons. The van der Waals surface area contributed by atoms with Crippen LogP contribution in [0, 0.1) is 0 Å². The molecule has 0 aliphatic carbocycles. The topological polar surface area (TPSA) is 61.6 Å². The van der Waals surface area contributed by atoms with Gasteiger partial charge in [-0.1, -0.05) is 18.2 Å². The van der Waals surface area contributed by atoms with Crippen molar-refractivity contribution in [2.75, 3.05) is 32.7 Å². The van der Waals surface area contributed by atoms with Crippen molar-refractivity contribution in [3.05, 3.63) is 40.7 Å². The van der Waals surface area contributed by atoms with E-state index in [0.717, 1.165) is 60.2 Å². The van der Waals surface area contributed by atoms with Crippen molar-refractivity contribution in [2.45, 2.75) is 32.9 Å². The Morgan fingerprint density at radius 2 is 1.90 bits per heavy atom. The van der Waals surface area contributed by atoms with E-state index in [9.17, 15) is 4.79 Å². The Morgan fingerprint density at radius 3 is 2.62 bits per heavy atom. The highest BCUT2D eigenvalue weighted by atomic mass is 32.1. The van der Waals surface area contributed by atoms with Crippen LogP contribution in [-0.2, 0) is 11.3 Å². The fourth-order valence-electron chi connectivity index (χ4n) is 3.56. The molecule has 0 spiro atoms. The molecule has 6 nitrogen and oxygen atoms in total. The predicted octanol–water partition coefficient (Wildman–Crippen LogP) is 3.59. The second-order valence-electron chi connectivity index (χ2n) is 8.63. The van der Waals surface area contributed by atoms with Gasteiger partial charge in [0.25, 0.3) is 0 Å². The lowest BCUT2D eigenvalue weighted by atomic mass is 10.1. The minimum Gasteiger partial charge on any atom is -0.454 e. The predicted molar refractivity (Wildman–Crippen MR) is 117 cm³/mol. The van der Waals surface area contributed by atoms with E-state index in [4.69, 9.17) is 9.40 Å². The highest BCUT2D eigenvalue weighted by Gasteiger charge is 2.22. The molecular formula is C22H28N4O2S. The van der Waals surface area contributed by atoms with Crippen molar-refractivity contribution >= 4 is 28.2 Å². The average molecular weight is 413 g/mol. The van der Waals surface area contributed by atoms with Gasteiger partial charge in [-0.2, -0.15) is 0 Å². The second kappa shape index (κ2) is 8.26. The summed E-state index contributed by atoms with van der Waals surface area (Å²) in [7, 11) is 0. The molecule has 1 amide bonds. The van der Waals surface area contributed by atoms with E-state index in [0.29, 0.717) is 6.54 Å². The van der Waals surface area contributed by atoms with Crippen LogP contribution in [0.4, 0.5) is 0 Å². The van der Waals surface area contributed by atoms with E-state index < -0.39 is 0 Å². The highest BCUT2D eigenvalue weighted by Crippen LogP contribution is 2.29. The van der Waals surface area contributed by atoms with Crippen LogP contribution in [0.15, 0.2) is 40.1 Å². The zero-order valence-electron chi connectivity index (χ0n) is 17.3. The third-order valence-electron chi connectivity index (χ3n) is 4.94. The quantitative estimate of drug-likeness (QED) is 0.694. The minimum atomic E-state index is -0.179. The molecule has 3 heterocycles. The van der Waals surface area contributed by atoms with Crippen LogP contribution in [0.3, 0.4) is 0 Å². The van der Waals surface area contributed by atoms with Gasteiger partial charge >= 0.3 is 0 Å². The number of hydrogen-bond donors (Lipinski definition) is 1. The minimum absolute atomic E-state index is 0.0985. The van der Waals surface area contributed by atoms with Gasteiger partial charge in [-0.3, -0.25) is 14.6 Å². The highest BCUT2D eigenvalue weighted by molar-refractivity contribution is 7.09. The van der Waals surface area contributed by atoms with Gasteiger partial charge < -0.3 is 9.73 Å². The van der Waals surface area contributed by atoms with Gasteiger partial charge in [0.2, 0.25) is 5.91 Å². The van der Waals surface area contributed by atoms with Crippen LogP contribution in [0.1, 0.15) is 25.8 Å². The van der Waals surface area contributed by atoms with E-state index in [1.54, 1.807) is 11.3 Å². The first-order valence-corrected chi connectivity index (χ1v) is 10.9. The number of furan rings is 1. The van der Waals surface area contributed by atoms with E-state index in [1.807, 2.05) is 39.0 Å². The molecule has 0 saturated carbocycles. The van der Waals surface area contributed by atoms with E-state index in [1.165, 1.54) is 0 Å². The molecular weight excluding hydrogens is 384 g/mol. The smallest absolute Gasteiger partial charge is 0.234 e. The molecule has 0 radical (unpaired) electrons. The maximum absolute atomic E-state index is 12.1. The first-order chi connectivity index (χ1) is 13.9. The summed E-state index contributed by atoms with van der Waals surface area (Å²) in [6.07, 6.45) is 0. The summed E-state index contributed by atoms with van der Waals surface area (Å²) in [6.45, 7) is 11.0. The number of para-hydroxylation sites is 1. The summed E-state index contributed by atoms with van der Waals surface area (Å²) >= 11 is 1.68. The summed E-state index contributed by atoms with van der Waals surface area (Å²) in [5, 5.41) is 7.30. The van der Waals surface area contributed by atoms with Crippen LogP contribution >= 0.6 is 11.3 Å². The number of nitrogens with zero attached hydrogens (tertiary/aromatic N) is 3. The lowest BCUT2D eigenvalue weighted by Crippen LogP contribution is -2.51. The number of fused-ring (bicyclic) bond motifs is 1. The SMILES string of the molecule is CC(C)(C)NC(=O)CN1CCN(Cc2nc(-c3cc4ccccc4o3)cs2)CC1. The molecule has 0 unspecified atom stereocenters. The van der Waals surface area contributed by atoms with Crippen LogP contribution in [0.25, 0.3) is 22.4 Å². The Bertz CT molecular complexity index is 947. The number of carbonyl (C=O) groups is 1. The molecule has 7 heteroatoms. The number of nitrogens with one attached hydrogen (secondary N) is 1. The fraction of sp³-hybridized carbons (Fsp3) is 0.455. The maximum Gasteiger partial charge on any atom is 0.234 e. The van der Waals surface area contributed by atoms with Gasteiger partial charge in [0.15, 0.2) is 5.76 Å². The maximum atomic E-state index is 12.1. The molecule has 1 saturated heterocycles. The fourth-order valence-corrected chi connectivity index (χ4v) is 4.39. The largest absolute Gasteiger partial charge is 0.454 e. The Hall–Kier alpha value is -2.22. The number of aromatic nitrogens is 1. The van der Waals surface area contributed by atoms with E-state index >= 15 is 0 Å². The van der Waals surface area contributed by atoms with Gasteiger partial charge in [0.05, 0.1) is 13.1 Å². The molecule has 4 rings (SSSR count). The monoisotopic (exact) mass is 412 g/mol. The number of rotatable bonds is 5. The number of piperazine rings is 1. The average Bonchev–Trinajstić information content (AvgIpc) is 3.28. The number of thiazole rings is 1. The van der Waals surface area contributed by atoms with Crippen LogP contribution in [0.5, 0.6) is 0 Å². The second-order valence-corrected chi connectivity index (χ2v) is 9.57. The number of carbonyl (C=O) groups excluding carboxylic acids is 1. The number of benzene rings is 1. The molecule has 0 bridgehead atoms. The Kier molecular flexibility index (Phi) is 5.72. The molecule has 1 aliphatic heterocycles. The Morgan fingerprint density at radius 1 is 1.17 bits per heavy atom. The molecule has 2 aromatic heterocycles. The van der Waals surface area contributed by atoms with E-state index in [2.05, 4.69) is 32.6 Å². The third-order valence-corrected chi connectivity index (χ3v) is 5.77. The van der Waals surface area contributed by atoms with Gasteiger partial charge in [-0.05, 0) is 32.9 Å². The van der Waals surface area contributed by atoms with Gasteiger partial charge in [-0.15, -0.1) is 11.3 Å². The van der Waals surface area contributed by atoms with Gasteiger partial charge in [0, 0.05) is 42.5 Å². The molecule has 1 fully saturated rings.